The van der Waals surface area contributed by atoms with E-state index in [9.17, 15) is 4.79 Å². The molecule has 0 aliphatic carbocycles. The van der Waals surface area contributed by atoms with Gasteiger partial charge in [0, 0.05) is 9.92 Å². The smallest absolute Gasteiger partial charge is 0.266 e. The molecule has 2 aromatic carbocycles. The Hall–Kier alpha value is -1.75. The number of nitrogens with zero attached hydrogens (tertiary/aromatic N) is 2. The number of aromatic nitrogens is 2. The normalized spacial score (nSPS) is 10.6. The van der Waals surface area contributed by atoms with Gasteiger partial charge in [0.2, 0.25) is 0 Å². The number of hydrogen-bond acceptors (Lipinski definition) is 3. The number of benzene rings is 2. The highest BCUT2D eigenvalue weighted by atomic mass is 35.5. The van der Waals surface area contributed by atoms with E-state index in [1.165, 1.54) is 16.4 Å². The fourth-order valence-electron chi connectivity index (χ4n) is 1.89. The summed E-state index contributed by atoms with van der Waals surface area (Å²) in [7, 11) is 0. The van der Waals surface area contributed by atoms with Crippen LogP contribution in [0.3, 0.4) is 0 Å². The zero-order valence-corrected chi connectivity index (χ0v) is 13.6. The van der Waals surface area contributed by atoms with Gasteiger partial charge in [0.25, 0.3) is 5.56 Å². The van der Waals surface area contributed by atoms with E-state index in [0.717, 1.165) is 4.90 Å². The molecule has 0 saturated heterocycles. The Balaban J connectivity index is 2.04. The van der Waals surface area contributed by atoms with Gasteiger partial charge >= 0.3 is 0 Å². The van der Waals surface area contributed by atoms with Gasteiger partial charge < -0.3 is 0 Å². The largest absolute Gasteiger partial charge is 0.285 e. The van der Waals surface area contributed by atoms with Crippen molar-refractivity contribution in [3.8, 4) is 5.69 Å². The molecule has 22 heavy (non-hydrogen) atoms. The van der Waals surface area contributed by atoms with Gasteiger partial charge in [-0.3, -0.25) is 4.79 Å². The third-order valence-corrected chi connectivity index (χ3v) is 4.35. The topological polar surface area (TPSA) is 34.9 Å². The Labute approximate surface area is 141 Å². The minimum atomic E-state index is -0.212. The highest BCUT2D eigenvalue weighted by molar-refractivity contribution is 7.99. The molecule has 0 unspecified atom stereocenters. The summed E-state index contributed by atoms with van der Waals surface area (Å²) in [5.74, 6) is 0. The van der Waals surface area contributed by atoms with Crippen LogP contribution in [0.25, 0.3) is 5.69 Å². The van der Waals surface area contributed by atoms with Crippen molar-refractivity contribution in [1.82, 2.24) is 9.78 Å². The maximum absolute atomic E-state index is 12.6. The van der Waals surface area contributed by atoms with Crippen molar-refractivity contribution in [2.45, 2.75) is 9.79 Å². The van der Waals surface area contributed by atoms with Crippen LogP contribution in [0.2, 0.25) is 10.2 Å². The summed E-state index contributed by atoms with van der Waals surface area (Å²) in [5.41, 5.74) is 0.462. The lowest BCUT2D eigenvalue weighted by Crippen LogP contribution is -2.22. The lowest BCUT2D eigenvalue weighted by Gasteiger charge is -2.08. The first-order valence-electron chi connectivity index (χ1n) is 6.42. The molecule has 0 spiro atoms. The van der Waals surface area contributed by atoms with Crippen LogP contribution < -0.4 is 5.56 Å². The summed E-state index contributed by atoms with van der Waals surface area (Å²) >= 11 is 13.3. The number of para-hydroxylation sites is 1. The third-order valence-electron chi connectivity index (χ3n) is 2.89. The SMILES string of the molecule is O=c1c(Sc2ccc(Cl)cc2)cc(Cl)nn1-c1ccccc1. The van der Waals surface area contributed by atoms with Gasteiger partial charge in [-0.15, -0.1) is 0 Å². The number of halogens is 2. The standard InChI is InChI=1S/C16H10Cl2N2OS/c17-11-6-8-13(9-7-11)22-14-10-15(18)19-20(16(14)21)12-4-2-1-3-5-12/h1-10H. The molecular weight excluding hydrogens is 339 g/mol. The van der Waals surface area contributed by atoms with E-state index >= 15 is 0 Å². The van der Waals surface area contributed by atoms with E-state index in [4.69, 9.17) is 23.2 Å². The van der Waals surface area contributed by atoms with Crippen LogP contribution in [0, 0.1) is 0 Å². The predicted octanol–water partition coefficient (Wildman–Crippen LogP) is 4.69. The Morgan fingerprint density at radius 2 is 1.64 bits per heavy atom. The summed E-state index contributed by atoms with van der Waals surface area (Å²) in [6, 6.07) is 18.0. The van der Waals surface area contributed by atoms with Crippen LogP contribution in [0.4, 0.5) is 0 Å². The van der Waals surface area contributed by atoms with Gasteiger partial charge in [-0.25, -0.2) is 0 Å². The van der Waals surface area contributed by atoms with Crippen LogP contribution in [0.1, 0.15) is 0 Å². The van der Waals surface area contributed by atoms with Gasteiger partial charge in [0.1, 0.15) is 0 Å². The van der Waals surface area contributed by atoms with Gasteiger partial charge in [-0.2, -0.15) is 9.78 Å². The molecule has 3 nitrogen and oxygen atoms in total. The zero-order valence-electron chi connectivity index (χ0n) is 11.2. The van der Waals surface area contributed by atoms with E-state index in [-0.39, 0.29) is 10.7 Å². The van der Waals surface area contributed by atoms with E-state index in [1.54, 1.807) is 18.2 Å². The second kappa shape index (κ2) is 6.57. The van der Waals surface area contributed by atoms with Gasteiger partial charge in [0.15, 0.2) is 5.15 Å². The second-order valence-electron chi connectivity index (χ2n) is 4.44. The van der Waals surface area contributed by atoms with Crippen LogP contribution in [0.5, 0.6) is 0 Å². The Kier molecular flexibility index (Phi) is 4.52. The summed E-state index contributed by atoms with van der Waals surface area (Å²) < 4.78 is 1.31. The maximum atomic E-state index is 12.6. The molecule has 110 valence electrons. The fourth-order valence-corrected chi connectivity index (χ4v) is 3.14. The molecule has 0 bridgehead atoms. The van der Waals surface area contributed by atoms with Gasteiger partial charge in [-0.05, 0) is 42.5 Å². The average Bonchev–Trinajstić information content (AvgIpc) is 2.53. The van der Waals surface area contributed by atoms with Crippen LogP contribution in [0.15, 0.2) is 75.2 Å². The van der Waals surface area contributed by atoms with Crippen molar-refractivity contribution in [2.24, 2.45) is 0 Å². The molecule has 3 aromatic rings. The minimum Gasteiger partial charge on any atom is -0.266 e. The van der Waals surface area contributed by atoms with Crippen molar-refractivity contribution in [1.29, 1.82) is 0 Å². The van der Waals surface area contributed by atoms with Crippen molar-refractivity contribution in [3.63, 3.8) is 0 Å². The minimum absolute atomic E-state index is 0.212. The second-order valence-corrected chi connectivity index (χ2v) is 6.38. The molecule has 6 heteroatoms. The van der Waals surface area contributed by atoms with E-state index in [0.29, 0.717) is 15.6 Å². The molecule has 0 saturated carbocycles. The summed E-state index contributed by atoms with van der Waals surface area (Å²) in [6.45, 7) is 0. The molecule has 0 radical (unpaired) electrons. The molecular formula is C16H10Cl2N2OS. The summed E-state index contributed by atoms with van der Waals surface area (Å²) in [4.78, 5) is 14.0. The first-order chi connectivity index (χ1) is 10.6. The Bertz CT molecular complexity index is 848. The molecule has 0 amide bonds. The summed E-state index contributed by atoms with van der Waals surface area (Å²) in [5, 5.41) is 5.01. The number of rotatable bonds is 3. The first kappa shape index (κ1) is 15.2. The van der Waals surface area contributed by atoms with Crippen molar-refractivity contribution in [2.75, 3.05) is 0 Å². The Morgan fingerprint density at radius 1 is 0.955 bits per heavy atom. The molecule has 1 aromatic heterocycles. The molecule has 3 rings (SSSR count). The highest BCUT2D eigenvalue weighted by Crippen LogP contribution is 2.27. The van der Waals surface area contributed by atoms with Gasteiger partial charge in [-0.1, -0.05) is 53.2 Å². The fraction of sp³-hybridized carbons (Fsp3) is 0. The lowest BCUT2D eigenvalue weighted by atomic mass is 10.3. The van der Waals surface area contributed by atoms with Crippen molar-refractivity contribution in [3.05, 3.63) is 81.2 Å². The van der Waals surface area contributed by atoms with Crippen LogP contribution in [-0.2, 0) is 0 Å². The monoisotopic (exact) mass is 348 g/mol. The van der Waals surface area contributed by atoms with Crippen LogP contribution in [-0.4, -0.2) is 9.78 Å². The molecule has 0 fully saturated rings. The zero-order chi connectivity index (χ0) is 15.5. The maximum Gasteiger partial charge on any atom is 0.285 e. The van der Waals surface area contributed by atoms with Crippen molar-refractivity contribution < 1.29 is 0 Å². The predicted molar refractivity (Wildman–Crippen MR) is 90.4 cm³/mol. The van der Waals surface area contributed by atoms with Crippen LogP contribution >= 0.6 is 35.0 Å². The van der Waals surface area contributed by atoms with E-state index in [2.05, 4.69) is 5.10 Å². The lowest BCUT2D eigenvalue weighted by molar-refractivity contribution is 0.782. The van der Waals surface area contributed by atoms with E-state index < -0.39 is 0 Å². The molecule has 0 aliphatic rings. The number of hydrogen-bond donors (Lipinski definition) is 0. The third kappa shape index (κ3) is 3.35. The molecule has 0 N–H and O–H groups in total. The first-order valence-corrected chi connectivity index (χ1v) is 7.99. The molecule has 0 aliphatic heterocycles. The molecule has 1 heterocycles. The Morgan fingerprint density at radius 3 is 2.32 bits per heavy atom. The van der Waals surface area contributed by atoms with Gasteiger partial charge in [0.05, 0.1) is 10.6 Å². The average molecular weight is 349 g/mol. The van der Waals surface area contributed by atoms with E-state index in [1.807, 2.05) is 42.5 Å². The summed E-state index contributed by atoms with van der Waals surface area (Å²) in [6.07, 6.45) is 0. The van der Waals surface area contributed by atoms with Crippen molar-refractivity contribution >= 4 is 35.0 Å². The highest BCUT2D eigenvalue weighted by Gasteiger charge is 2.10. The molecule has 0 atom stereocenters. The quantitative estimate of drug-likeness (QED) is 0.688.